The van der Waals surface area contributed by atoms with Crippen LogP contribution in [-0.4, -0.2) is 18.3 Å². The topological polar surface area (TPSA) is 32.3 Å². The molecule has 0 saturated carbocycles. The number of aliphatic hydroxyl groups is 1. The van der Waals surface area contributed by atoms with Crippen LogP contribution < -0.4 is 5.32 Å². The Kier molecular flexibility index (Phi) is 6.04. The molecule has 0 saturated heterocycles. The van der Waals surface area contributed by atoms with Crippen LogP contribution in [0.4, 0.5) is 4.39 Å². The summed E-state index contributed by atoms with van der Waals surface area (Å²) in [5.41, 5.74) is 0.974. The Hall–Kier alpha value is -0.930. The fourth-order valence-corrected chi connectivity index (χ4v) is 1.63. The van der Waals surface area contributed by atoms with Gasteiger partial charge >= 0.3 is 0 Å². The Morgan fingerprint density at radius 1 is 1.31 bits per heavy atom. The Morgan fingerprint density at radius 3 is 2.81 bits per heavy atom. The molecule has 0 heterocycles. The van der Waals surface area contributed by atoms with E-state index in [1.807, 2.05) is 13.0 Å². The number of aliphatic hydroxyl groups excluding tert-OH is 1. The van der Waals surface area contributed by atoms with Gasteiger partial charge in [0.25, 0.3) is 0 Å². The van der Waals surface area contributed by atoms with Crippen molar-refractivity contribution in [3.63, 3.8) is 0 Å². The second-order valence-electron chi connectivity index (χ2n) is 4.02. The number of benzene rings is 1. The molecule has 0 amide bonds. The lowest BCUT2D eigenvalue weighted by molar-refractivity contribution is 0.282. The molecule has 1 aromatic carbocycles. The van der Waals surface area contributed by atoms with E-state index < -0.39 is 0 Å². The van der Waals surface area contributed by atoms with E-state index in [-0.39, 0.29) is 18.5 Å². The van der Waals surface area contributed by atoms with Crippen LogP contribution in [0.3, 0.4) is 0 Å². The molecule has 1 aromatic rings. The molecule has 16 heavy (non-hydrogen) atoms. The molecule has 2 N–H and O–H groups in total. The minimum Gasteiger partial charge on any atom is -0.396 e. The Labute approximate surface area is 96.5 Å². The third kappa shape index (κ3) is 4.73. The van der Waals surface area contributed by atoms with Crippen LogP contribution in [0.25, 0.3) is 0 Å². The molecule has 0 aromatic heterocycles. The molecular weight excluding hydrogens is 205 g/mol. The largest absolute Gasteiger partial charge is 0.396 e. The Balaban J connectivity index is 2.27. The monoisotopic (exact) mass is 225 g/mol. The molecule has 0 aliphatic heterocycles. The Bertz CT molecular complexity index is 304. The number of halogens is 1. The van der Waals surface area contributed by atoms with Crippen molar-refractivity contribution >= 4 is 0 Å². The Morgan fingerprint density at radius 2 is 2.12 bits per heavy atom. The molecule has 0 aliphatic carbocycles. The van der Waals surface area contributed by atoms with Gasteiger partial charge in [-0.1, -0.05) is 12.1 Å². The van der Waals surface area contributed by atoms with E-state index in [4.69, 9.17) is 5.11 Å². The van der Waals surface area contributed by atoms with Gasteiger partial charge in [-0.2, -0.15) is 0 Å². The van der Waals surface area contributed by atoms with Crippen LogP contribution >= 0.6 is 0 Å². The zero-order chi connectivity index (χ0) is 11.8. The van der Waals surface area contributed by atoms with Gasteiger partial charge in [0.1, 0.15) is 5.82 Å². The predicted octanol–water partition coefficient (Wildman–Crippen LogP) is 2.64. The minimum atomic E-state index is -0.188. The van der Waals surface area contributed by atoms with Crippen LogP contribution in [0.15, 0.2) is 24.3 Å². The lowest BCUT2D eigenvalue weighted by Crippen LogP contribution is -2.19. The normalized spacial score (nSPS) is 12.7. The average Bonchev–Trinajstić information content (AvgIpc) is 2.28. The molecule has 0 fully saturated rings. The second-order valence-corrected chi connectivity index (χ2v) is 4.02. The van der Waals surface area contributed by atoms with Gasteiger partial charge in [-0.25, -0.2) is 4.39 Å². The number of hydrogen-bond donors (Lipinski definition) is 2. The highest BCUT2D eigenvalue weighted by Crippen LogP contribution is 2.13. The van der Waals surface area contributed by atoms with Crippen molar-refractivity contribution in [1.82, 2.24) is 5.32 Å². The van der Waals surface area contributed by atoms with Gasteiger partial charge in [-0.15, -0.1) is 0 Å². The molecule has 0 unspecified atom stereocenters. The summed E-state index contributed by atoms with van der Waals surface area (Å²) in [6.45, 7) is 3.19. The number of nitrogens with one attached hydrogen (secondary N) is 1. The molecule has 90 valence electrons. The molecule has 2 nitrogen and oxygen atoms in total. The standard InChI is InChI=1S/C13H20FNO/c1-11(15-8-3-2-4-9-16)12-6-5-7-13(14)10-12/h5-7,10-11,15-16H,2-4,8-9H2,1H3/t11-/m1/s1. The quantitative estimate of drug-likeness (QED) is 0.699. The van der Waals surface area contributed by atoms with Crippen LogP contribution in [0.5, 0.6) is 0 Å². The van der Waals surface area contributed by atoms with Crippen LogP contribution in [-0.2, 0) is 0 Å². The fraction of sp³-hybridized carbons (Fsp3) is 0.538. The van der Waals surface area contributed by atoms with Crippen molar-refractivity contribution in [1.29, 1.82) is 0 Å². The fourth-order valence-electron chi connectivity index (χ4n) is 1.63. The van der Waals surface area contributed by atoms with E-state index in [2.05, 4.69) is 5.32 Å². The molecule has 0 radical (unpaired) electrons. The summed E-state index contributed by atoms with van der Waals surface area (Å²) in [4.78, 5) is 0. The summed E-state index contributed by atoms with van der Waals surface area (Å²) in [7, 11) is 0. The summed E-state index contributed by atoms with van der Waals surface area (Å²) in [6.07, 6.45) is 2.93. The predicted molar refractivity (Wildman–Crippen MR) is 63.8 cm³/mol. The van der Waals surface area contributed by atoms with Crippen LogP contribution in [0, 0.1) is 5.82 Å². The summed E-state index contributed by atoms with van der Waals surface area (Å²) < 4.78 is 13.0. The highest BCUT2D eigenvalue weighted by atomic mass is 19.1. The van der Waals surface area contributed by atoms with Crippen LogP contribution in [0.1, 0.15) is 37.8 Å². The van der Waals surface area contributed by atoms with E-state index in [9.17, 15) is 4.39 Å². The molecule has 0 spiro atoms. The van der Waals surface area contributed by atoms with Crippen molar-refractivity contribution in [3.8, 4) is 0 Å². The maximum absolute atomic E-state index is 13.0. The molecule has 1 atom stereocenters. The van der Waals surface area contributed by atoms with E-state index in [0.717, 1.165) is 31.4 Å². The highest BCUT2D eigenvalue weighted by molar-refractivity contribution is 5.19. The zero-order valence-electron chi connectivity index (χ0n) is 9.75. The van der Waals surface area contributed by atoms with E-state index in [1.165, 1.54) is 6.07 Å². The van der Waals surface area contributed by atoms with Gasteiger partial charge in [-0.05, 0) is 50.4 Å². The minimum absolute atomic E-state index is 0.171. The molecule has 1 rings (SSSR count). The summed E-state index contributed by atoms with van der Waals surface area (Å²) in [6, 6.07) is 6.84. The van der Waals surface area contributed by atoms with Gasteiger partial charge in [-0.3, -0.25) is 0 Å². The molecular formula is C13H20FNO. The van der Waals surface area contributed by atoms with Crippen molar-refractivity contribution in [3.05, 3.63) is 35.6 Å². The number of unbranched alkanes of at least 4 members (excludes halogenated alkanes) is 2. The van der Waals surface area contributed by atoms with Crippen molar-refractivity contribution in [2.75, 3.05) is 13.2 Å². The maximum atomic E-state index is 13.0. The lowest BCUT2D eigenvalue weighted by atomic mass is 10.1. The third-order valence-electron chi connectivity index (χ3n) is 2.63. The van der Waals surface area contributed by atoms with Gasteiger partial charge < -0.3 is 10.4 Å². The number of hydrogen-bond acceptors (Lipinski definition) is 2. The van der Waals surface area contributed by atoms with Gasteiger partial charge in [0.2, 0.25) is 0 Å². The highest BCUT2D eigenvalue weighted by Gasteiger charge is 2.04. The first-order chi connectivity index (χ1) is 7.74. The smallest absolute Gasteiger partial charge is 0.123 e. The SMILES string of the molecule is C[C@@H](NCCCCCO)c1cccc(F)c1. The summed E-state index contributed by atoms with van der Waals surface area (Å²) >= 11 is 0. The molecule has 0 aliphatic rings. The summed E-state index contributed by atoms with van der Waals surface area (Å²) in [5, 5.41) is 12.0. The maximum Gasteiger partial charge on any atom is 0.123 e. The lowest BCUT2D eigenvalue weighted by Gasteiger charge is -2.14. The van der Waals surface area contributed by atoms with E-state index in [0.29, 0.717) is 0 Å². The molecule has 0 bridgehead atoms. The first kappa shape index (κ1) is 13.1. The van der Waals surface area contributed by atoms with Gasteiger partial charge in [0.15, 0.2) is 0 Å². The second kappa shape index (κ2) is 7.36. The number of rotatable bonds is 7. The van der Waals surface area contributed by atoms with E-state index in [1.54, 1.807) is 12.1 Å². The van der Waals surface area contributed by atoms with Crippen molar-refractivity contribution in [2.45, 2.75) is 32.2 Å². The van der Waals surface area contributed by atoms with Gasteiger partial charge in [0.05, 0.1) is 0 Å². The van der Waals surface area contributed by atoms with E-state index >= 15 is 0 Å². The first-order valence-electron chi connectivity index (χ1n) is 5.83. The average molecular weight is 225 g/mol. The van der Waals surface area contributed by atoms with Crippen molar-refractivity contribution in [2.24, 2.45) is 0 Å². The van der Waals surface area contributed by atoms with Crippen molar-refractivity contribution < 1.29 is 9.50 Å². The van der Waals surface area contributed by atoms with Gasteiger partial charge in [0, 0.05) is 12.6 Å². The first-order valence-corrected chi connectivity index (χ1v) is 5.83. The molecule has 3 heteroatoms. The zero-order valence-corrected chi connectivity index (χ0v) is 9.75. The van der Waals surface area contributed by atoms with Crippen LogP contribution in [0.2, 0.25) is 0 Å². The third-order valence-corrected chi connectivity index (χ3v) is 2.63. The summed E-state index contributed by atoms with van der Waals surface area (Å²) in [5.74, 6) is -0.188.